The summed E-state index contributed by atoms with van der Waals surface area (Å²) >= 11 is 5.85. The lowest BCUT2D eigenvalue weighted by molar-refractivity contribution is -0.137. The molecule has 2 aromatic rings. The summed E-state index contributed by atoms with van der Waals surface area (Å²) in [5.41, 5.74) is 0.518. The molecule has 0 aliphatic carbocycles. The van der Waals surface area contributed by atoms with Crippen molar-refractivity contribution >= 4 is 23.4 Å². The summed E-state index contributed by atoms with van der Waals surface area (Å²) in [6.07, 6.45) is -4.41. The van der Waals surface area contributed by atoms with Crippen LogP contribution in [0, 0.1) is 0 Å². The van der Waals surface area contributed by atoms with Crippen molar-refractivity contribution < 1.29 is 22.8 Å². The van der Waals surface area contributed by atoms with Gasteiger partial charge in [-0.2, -0.15) is 13.2 Å². The quantitative estimate of drug-likeness (QED) is 0.764. The van der Waals surface area contributed by atoms with Crippen LogP contribution in [0.3, 0.4) is 0 Å². The number of carbonyl (C=O) groups excluding carboxylic acids is 2. The van der Waals surface area contributed by atoms with Gasteiger partial charge in [0.25, 0.3) is 0 Å². The molecular weight excluding hydrogens is 381 g/mol. The largest absolute Gasteiger partial charge is 0.416 e. The van der Waals surface area contributed by atoms with Crippen LogP contribution in [0.15, 0.2) is 48.5 Å². The number of rotatable bonds is 6. The molecule has 1 unspecified atom stereocenters. The summed E-state index contributed by atoms with van der Waals surface area (Å²) in [6, 6.07) is 10.8. The summed E-state index contributed by atoms with van der Waals surface area (Å²) in [7, 11) is 0. The van der Waals surface area contributed by atoms with Gasteiger partial charge in [-0.3, -0.25) is 9.59 Å². The molecule has 0 aromatic heterocycles. The maximum atomic E-state index is 12.6. The van der Waals surface area contributed by atoms with Gasteiger partial charge in [0.05, 0.1) is 18.0 Å². The smallest absolute Gasteiger partial charge is 0.352 e. The number of benzene rings is 2. The molecule has 1 atom stereocenters. The maximum absolute atomic E-state index is 12.6. The van der Waals surface area contributed by atoms with E-state index in [2.05, 4.69) is 10.6 Å². The normalized spacial score (nSPS) is 12.3. The molecule has 0 aliphatic heterocycles. The van der Waals surface area contributed by atoms with Crippen molar-refractivity contribution in [2.75, 3.05) is 0 Å². The Morgan fingerprint density at radius 1 is 1.04 bits per heavy atom. The zero-order chi connectivity index (χ0) is 20.0. The van der Waals surface area contributed by atoms with Gasteiger partial charge in [-0.25, -0.2) is 0 Å². The highest BCUT2D eigenvalue weighted by Crippen LogP contribution is 2.29. The average Bonchev–Trinajstić information content (AvgIpc) is 2.59. The number of hydrogen-bond donors (Lipinski definition) is 2. The van der Waals surface area contributed by atoms with Crippen molar-refractivity contribution in [3.05, 3.63) is 70.2 Å². The van der Waals surface area contributed by atoms with Crippen LogP contribution >= 0.6 is 11.6 Å². The highest BCUT2D eigenvalue weighted by molar-refractivity contribution is 6.30. The second kappa shape index (κ2) is 8.90. The molecule has 0 radical (unpaired) electrons. The monoisotopic (exact) mass is 398 g/mol. The summed E-state index contributed by atoms with van der Waals surface area (Å²) in [5.74, 6) is -0.630. The lowest BCUT2D eigenvalue weighted by Crippen LogP contribution is -2.32. The lowest BCUT2D eigenvalue weighted by atomic mass is 10.0. The van der Waals surface area contributed by atoms with E-state index in [1.165, 1.54) is 19.1 Å². The van der Waals surface area contributed by atoms with E-state index < -0.39 is 17.8 Å². The van der Waals surface area contributed by atoms with Crippen molar-refractivity contribution in [1.29, 1.82) is 0 Å². The molecule has 0 fully saturated rings. The van der Waals surface area contributed by atoms with Gasteiger partial charge in [0, 0.05) is 18.5 Å². The minimum atomic E-state index is -4.40. The zero-order valence-corrected chi connectivity index (χ0v) is 15.2. The van der Waals surface area contributed by atoms with E-state index >= 15 is 0 Å². The molecule has 2 aromatic carbocycles. The van der Waals surface area contributed by atoms with Crippen LogP contribution in [0.1, 0.15) is 36.1 Å². The Hall–Kier alpha value is -2.54. The van der Waals surface area contributed by atoms with Gasteiger partial charge in [-0.05, 0) is 35.4 Å². The van der Waals surface area contributed by atoms with E-state index in [4.69, 9.17) is 11.6 Å². The van der Waals surface area contributed by atoms with E-state index in [0.29, 0.717) is 10.6 Å². The van der Waals surface area contributed by atoms with E-state index in [-0.39, 0.29) is 24.8 Å². The predicted octanol–water partition coefficient (Wildman–Crippen LogP) is 4.24. The lowest BCUT2D eigenvalue weighted by Gasteiger charge is -2.18. The number of nitrogens with one attached hydrogen (secondary N) is 2. The van der Waals surface area contributed by atoms with Crippen molar-refractivity contribution in [3.63, 3.8) is 0 Å². The second-order valence-electron chi connectivity index (χ2n) is 5.98. The van der Waals surface area contributed by atoms with Gasteiger partial charge >= 0.3 is 6.18 Å². The van der Waals surface area contributed by atoms with Crippen LogP contribution in [-0.4, -0.2) is 11.8 Å². The molecule has 2 rings (SSSR count). The minimum absolute atomic E-state index is 0.0121. The third-order valence-electron chi connectivity index (χ3n) is 3.81. The number of halogens is 4. The molecule has 27 heavy (non-hydrogen) atoms. The first-order chi connectivity index (χ1) is 12.6. The summed E-state index contributed by atoms with van der Waals surface area (Å²) in [5, 5.41) is 5.88. The van der Waals surface area contributed by atoms with Gasteiger partial charge in [0.1, 0.15) is 0 Å². The van der Waals surface area contributed by atoms with Crippen molar-refractivity contribution in [2.24, 2.45) is 0 Å². The van der Waals surface area contributed by atoms with E-state index in [9.17, 15) is 22.8 Å². The molecule has 0 heterocycles. The zero-order valence-electron chi connectivity index (χ0n) is 14.4. The number of alkyl halides is 3. The Kier molecular flexibility index (Phi) is 6.85. The summed E-state index contributed by atoms with van der Waals surface area (Å²) < 4.78 is 37.7. The van der Waals surface area contributed by atoms with Crippen molar-refractivity contribution in [3.8, 4) is 0 Å². The highest BCUT2D eigenvalue weighted by atomic mass is 35.5. The fourth-order valence-electron chi connectivity index (χ4n) is 2.46. The summed E-state index contributed by atoms with van der Waals surface area (Å²) in [6.45, 7) is 1.44. The fraction of sp³-hybridized carbons (Fsp3) is 0.263. The van der Waals surface area contributed by atoms with Gasteiger partial charge < -0.3 is 10.6 Å². The third-order valence-corrected chi connectivity index (χ3v) is 4.06. The van der Waals surface area contributed by atoms with Crippen LogP contribution in [0.5, 0.6) is 0 Å². The molecule has 0 spiro atoms. The Labute approximate surface area is 159 Å². The Morgan fingerprint density at radius 2 is 1.63 bits per heavy atom. The van der Waals surface area contributed by atoms with Crippen LogP contribution in [0.25, 0.3) is 0 Å². The average molecular weight is 399 g/mol. The molecule has 144 valence electrons. The van der Waals surface area contributed by atoms with E-state index in [1.807, 2.05) is 0 Å². The molecule has 0 aliphatic rings. The third kappa shape index (κ3) is 6.60. The molecule has 0 saturated heterocycles. The van der Waals surface area contributed by atoms with Gasteiger partial charge in [-0.15, -0.1) is 0 Å². The Bertz CT molecular complexity index is 790. The predicted molar refractivity (Wildman–Crippen MR) is 95.9 cm³/mol. The Balaban J connectivity index is 1.97. The first kappa shape index (κ1) is 20.8. The van der Waals surface area contributed by atoms with Gasteiger partial charge in [-0.1, -0.05) is 35.9 Å². The molecule has 8 heteroatoms. The number of carbonyl (C=O) groups is 2. The number of amides is 2. The van der Waals surface area contributed by atoms with Crippen molar-refractivity contribution in [2.45, 2.75) is 32.1 Å². The SMILES string of the molecule is CC(=O)NC(CC(=O)NCc1ccc(C(F)(F)F)cc1)c1ccc(Cl)cc1. The van der Waals surface area contributed by atoms with E-state index in [0.717, 1.165) is 17.7 Å². The topological polar surface area (TPSA) is 58.2 Å². The minimum Gasteiger partial charge on any atom is -0.352 e. The summed E-state index contributed by atoms with van der Waals surface area (Å²) in [4.78, 5) is 23.6. The molecule has 0 saturated carbocycles. The standard InChI is InChI=1S/C19H18ClF3N2O2/c1-12(26)25-17(14-4-8-16(20)9-5-14)10-18(27)24-11-13-2-6-15(7-3-13)19(21,22)23/h2-9,17H,10-11H2,1H3,(H,24,27)(H,25,26). The van der Waals surface area contributed by atoms with E-state index in [1.54, 1.807) is 24.3 Å². The van der Waals surface area contributed by atoms with Crippen LogP contribution in [0.4, 0.5) is 13.2 Å². The van der Waals surface area contributed by atoms with Gasteiger partial charge in [0.15, 0.2) is 0 Å². The first-order valence-corrected chi connectivity index (χ1v) is 8.48. The molecule has 2 N–H and O–H groups in total. The van der Waals surface area contributed by atoms with Crippen LogP contribution < -0.4 is 10.6 Å². The van der Waals surface area contributed by atoms with Crippen molar-refractivity contribution in [1.82, 2.24) is 10.6 Å². The van der Waals surface area contributed by atoms with Crippen LogP contribution in [0.2, 0.25) is 5.02 Å². The first-order valence-electron chi connectivity index (χ1n) is 8.10. The molecule has 0 bridgehead atoms. The molecule has 4 nitrogen and oxygen atoms in total. The maximum Gasteiger partial charge on any atom is 0.416 e. The second-order valence-corrected chi connectivity index (χ2v) is 6.42. The Morgan fingerprint density at radius 3 is 2.15 bits per heavy atom. The fourth-order valence-corrected chi connectivity index (χ4v) is 2.59. The van der Waals surface area contributed by atoms with Crippen LogP contribution in [-0.2, 0) is 22.3 Å². The van der Waals surface area contributed by atoms with Gasteiger partial charge in [0.2, 0.25) is 11.8 Å². The highest BCUT2D eigenvalue weighted by Gasteiger charge is 2.29. The number of hydrogen-bond acceptors (Lipinski definition) is 2. The molecule has 2 amide bonds. The molecular formula is C19H18ClF3N2O2.